The second-order valence-electron chi connectivity index (χ2n) is 22.0. The van der Waals surface area contributed by atoms with E-state index in [0.29, 0.717) is 0 Å². The lowest BCUT2D eigenvalue weighted by Crippen LogP contribution is -2.10. The van der Waals surface area contributed by atoms with Crippen LogP contribution in [0.2, 0.25) is 0 Å². The number of nitrogens with zero attached hydrogens (tertiary/aromatic N) is 4. The molecule has 14 aromatic rings. The summed E-state index contributed by atoms with van der Waals surface area (Å²) in [5.41, 5.74) is 22.7. The summed E-state index contributed by atoms with van der Waals surface area (Å²) >= 11 is 0. The van der Waals surface area contributed by atoms with Gasteiger partial charge in [-0.2, -0.15) is 0 Å². The fraction of sp³-hybridized carbons (Fsp3) is 0.0244. The van der Waals surface area contributed by atoms with Gasteiger partial charge < -0.3 is 19.6 Å². The molecule has 0 radical (unpaired) electrons. The van der Waals surface area contributed by atoms with Gasteiger partial charge in [-0.15, -0.1) is 0 Å². The van der Waals surface area contributed by atoms with Gasteiger partial charge >= 0.3 is 0 Å². The lowest BCUT2D eigenvalue weighted by atomic mass is 9.99. The fourth-order valence-electron chi connectivity index (χ4n) is 12.1. The number of benzene rings is 14. The van der Waals surface area contributed by atoms with Gasteiger partial charge in [0.15, 0.2) is 0 Å². The van der Waals surface area contributed by atoms with Crippen molar-refractivity contribution in [3.8, 4) is 33.4 Å². The van der Waals surface area contributed by atoms with Crippen LogP contribution in [0, 0.1) is 13.8 Å². The SMILES string of the molecule is Cc1cccc(N(c2ccccc2)c2ccc(-c3ccc(N(c4ccc(-c5ccc6c(N(c7ccccc7)c7ccc(-c8ccc(N(c9ccccc9)c9cccc%10ccccc9%10)cc8)cc7)cccc6c5)cc4)c4cccc(C)c4)cc3)cc2)c1. The molecule has 14 aromatic carbocycles. The first kappa shape index (κ1) is 52.8. The van der Waals surface area contributed by atoms with Gasteiger partial charge in [0.2, 0.25) is 0 Å². The Balaban J connectivity index is 0.728. The van der Waals surface area contributed by atoms with E-state index in [4.69, 9.17) is 0 Å². The zero-order valence-electron chi connectivity index (χ0n) is 48.1. The molecule has 0 bridgehead atoms. The molecule has 14 rings (SSSR count). The average molecular weight is 1100 g/mol. The summed E-state index contributed by atoms with van der Waals surface area (Å²) in [5.74, 6) is 0. The molecular formula is C82H62N4. The van der Waals surface area contributed by atoms with Gasteiger partial charge in [-0.25, -0.2) is 0 Å². The highest BCUT2D eigenvalue weighted by Crippen LogP contribution is 2.44. The summed E-state index contributed by atoms with van der Waals surface area (Å²) in [6.45, 7) is 4.30. The number of hydrogen-bond donors (Lipinski definition) is 0. The van der Waals surface area contributed by atoms with Crippen molar-refractivity contribution in [2.75, 3.05) is 19.6 Å². The third kappa shape index (κ3) is 10.8. The summed E-state index contributed by atoms with van der Waals surface area (Å²) in [7, 11) is 0. The largest absolute Gasteiger partial charge is 0.310 e. The van der Waals surface area contributed by atoms with E-state index in [9.17, 15) is 0 Å². The van der Waals surface area contributed by atoms with Crippen LogP contribution in [0.3, 0.4) is 0 Å². The molecule has 0 saturated heterocycles. The van der Waals surface area contributed by atoms with E-state index in [0.717, 1.165) is 102 Å². The van der Waals surface area contributed by atoms with Gasteiger partial charge in [-0.3, -0.25) is 0 Å². The highest BCUT2D eigenvalue weighted by molar-refractivity contribution is 6.02. The lowest BCUT2D eigenvalue weighted by molar-refractivity contribution is 1.27. The van der Waals surface area contributed by atoms with E-state index in [1.807, 2.05) is 0 Å². The van der Waals surface area contributed by atoms with E-state index < -0.39 is 0 Å². The van der Waals surface area contributed by atoms with E-state index in [1.165, 1.54) is 32.7 Å². The van der Waals surface area contributed by atoms with Crippen molar-refractivity contribution in [3.05, 3.63) is 351 Å². The van der Waals surface area contributed by atoms with Crippen molar-refractivity contribution >= 4 is 89.8 Å². The number of aryl methyl sites for hydroxylation is 2. The van der Waals surface area contributed by atoms with Crippen LogP contribution in [-0.4, -0.2) is 0 Å². The lowest BCUT2D eigenvalue weighted by Gasteiger charge is -2.27. The summed E-state index contributed by atoms with van der Waals surface area (Å²) in [6.07, 6.45) is 0. The van der Waals surface area contributed by atoms with E-state index >= 15 is 0 Å². The third-order valence-corrected chi connectivity index (χ3v) is 16.3. The Bertz CT molecular complexity index is 4620. The molecule has 86 heavy (non-hydrogen) atoms. The fourth-order valence-corrected chi connectivity index (χ4v) is 12.1. The maximum absolute atomic E-state index is 2.38. The minimum Gasteiger partial charge on any atom is -0.310 e. The van der Waals surface area contributed by atoms with Crippen LogP contribution in [0.1, 0.15) is 11.1 Å². The molecule has 4 nitrogen and oxygen atoms in total. The van der Waals surface area contributed by atoms with Crippen LogP contribution >= 0.6 is 0 Å². The van der Waals surface area contributed by atoms with Crippen molar-refractivity contribution < 1.29 is 0 Å². The first-order valence-corrected chi connectivity index (χ1v) is 29.5. The Morgan fingerprint density at radius 3 is 0.860 bits per heavy atom. The van der Waals surface area contributed by atoms with Crippen LogP contribution in [0.4, 0.5) is 68.2 Å². The number of para-hydroxylation sites is 3. The molecule has 0 saturated carbocycles. The Kier molecular flexibility index (Phi) is 14.5. The molecule has 0 unspecified atom stereocenters. The molecule has 0 aliphatic heterocycles. The average Bonchev–Trinajstić information content (AvgIpc) is 3.67. The van der Waals surface area contributed by atoms with Crippen molar-refractivity contribution in [2.24, 2.45) is 0 Å². The maximum Gasteiger partial charge on any atom is 0.0540 e. The van der Waals surface area contributed by atoms with Gasteiger partial charge in [0, 0.05) is 67.6 Å². The summed E-state index contributed by atoms with van der Waals surface area (Å²) in [5, 5.41) is 4.77. The summed E-state index contributed by atoms with van der Waals surface area (Å²) in [4.78, 5) is 9.40. The minimum absolute atomic E-state index is 1.08. The molecule has 4 heteroatoms. The summed E-state index contributed by atoms with van der Waals surface area (Å²) < 4.78 is 0. The zero-order valence-corrected chi connectivity index (χ0v) is 48.1. The topological polar surface area (TPSA) is 13.0 Å². The molecule has 0 aliphatic carbocycles. The molecule has 0 aromatic heterocycles. The van der Waals surface area contributed by atoms with E-state index in [-0.39, 0.29) is 0 Å². The van der Waals surface area contributed by atoms with Gasteiger partial charge in [-0.1, -0.05) is 200 Å². The first-order valence-electron chi connectivity index (χ1n) is 29.5. The molecule has 0 amide bonds. The zero-order chi connectivity index (χ0) is 57.8. The van der Waals surface area contributed by atoms with E-state index in [2.05, 4.69) is 373 Å². The summed E-state index contributed by atoms with van der Waals surface area (Å²) in [6, 6.07) is 123. The third-order valence-electron chi connectivity index (χ3n) is 16.3. The Hall–Kier alpha value is -11.2. The Morgan fingerprint density at radius 1 is 0.174 bits per heavy atom. The van der Waals surface area contributed by atoms with Crippen LogP contribution < -0.4 is 19.6 Å². The van der Waals surface area contributed by atoms with Crippen molar-refractivity contribution in [1.29, 1.82) is 0 Å². The van der Waals surface area contributed by atoms with Crippen molar-refractivity contribution in [2.45, 2.75) is 13.8 Å². The molecule has 0 heterocycles. The normalized spacial score (nSPS) is 11.1. The predicted molar refractivity (Wildman–Crippen MR) is 366 cm³/mol. The van der Waals surface area contributed by atoms with E-state index in [1.54, 1.807) is 0 Å². The Labute approximate surface area is 504 Å². The monoisotopic (exact) mass is 1100 g/mol. The van der Waals surface area contributed by atoms with Crippen LogP contribution in [0.5, 0.6) is 0 Å². The van der Waals surface area contributed by atoms with Gasteiger partial charge in [0.05, 0.1) is 11.4 Å². The van der Waals surface area contributed by atoms with Crippen LogP contribution in [0.15, 0.2) is 340 Å². The second kappa shape index (κ2) is 23.6. The second-order valence-corrected chi connectivity index (χ2v) is 22.0. The highest BCUT2D eigenvalue weighted by Gasteiger charge is 2.20. The predicted octanol–water partition coefficient (Wildman–Crippen LogP) is 23.5. The van der Waals surface area contributed by atoms with Crippen LogP contribution in [0.25, 0.3) is 54.9 Å². The molecular weight excluding hydrogens is 1040 g/mol. The number of hydrogen-bond acceptors (Lipinski definition) is 4. The number of fused-ring (bicyclic) bond motifs is 2. The van der Waals surface area contributed by atoms with Crippen molar-refractivity contribution in [1.82, 2.24) is 0 Å². The van der Waals surface area contributed by atoms with Gasteiger partial charge in [-0.05, 0) is 209 Å². The van der Waals surface area contributed by atoms with Crippen LogP contribution in [-0.2, 0) is 0 Å². The van der Waals surface area contributed by atoms with Gasteiger partial charge in [0.25, 0.3) is 0 Å². The highest BCUT2D eigenvalue weighted by atomic mass is 15.2. The standard InChI is InChI=1S/C82H62N4/c1-59-18-14-29-77(56-59)83(69-23-6-3-7-24-69)72-45-34-61(35-46-72)62-36-47-73(48-37-62)84(78-30-15-19-60(2)57-78)74-49-42-65(43-50-74)67-44-55-80-68(58-67)22-17-33-82(80)86(71-27-10-5-11-28-71)76-53-40-64(41-54-76)63-38-51-75(52-39-63)85(70-25-8-4-9-26-70)81-32-16-21-66-20-12-13-31-79(66)81/h3-58H,1-2H3. The Morgan fingerprint density at radius 2 is 0.453 bits per heavy atom. The van der Waals surface area contributed by atoms with Gasteiger partial charge in [0.1, 0.15) is 0 Å². The smallest absolute Gasteiger partial charge is 0.0540 e. The molecule has 0 atom stereocenters. The quantitative estimate of drug-likeness (QED) is 0.101. The minimum atomic E-state index is 1.08. The van der Waals surface area contributed by atoms with Crippen molar-refractivity contribution in [3.63, 3.8) is 0 Å². The molecule has 0 N–H and O–H groups in total. The molecule has 0 fully saturated rings. The number of rotatable bonds is 15. The first-order chi connectivity index (χ1) is 42.5. The molecule has 410 valence electrons. The maximum atomic E-state index is 2.38. The molecule has 0 aliphatic rings. The number of anilines is 12. The molecule has 0 spiro atoms.